The molecular weight excluding hydrogens is 375 g/mol. The molecule has 0 aliphatic rings. The molecule has 2 aromatic heterocycles. The first-order chi connectivity index (χ1) is 11.9. The second-order valence-electron chi connectivity index (χ2n) is 6.10. The Bertz CT molecular complexity index is 723. The number of imidazole rings is 1. The van der Waals surface area contributed by atoms with Crippen LogP contribution in [0.15, 0.2) is 12.5 Å². The van der Waals surface area contributed by atoms with Crippen molar-refractivity contribution in [3.05, 3.63) is 24.0 Å². The number of H-pyrrole nitrogens is 1. The van der Waals surface area contributed by atoms with Gasteiger partial charge in [0.15, 0.2) is 0 Å². The lowest BCUT2D eigenvalue weighted by Crippen LogP contribution is -2.21. The van der Waals surface area contributed by atoms with Crippen molar-refractivity contribution < 1.29 is 27.9 Å². The average molecular weight is 393 g/mol. The quantitative estimate of drug-likeness (QED) is 0.734. The molecular formula is C14H18F3N5O3S. The van der Waals surface area contributed by atoms with Crippen LogP contribution in [0.4, 0.5) is 18.3 Å². The molecule has 0 unspecified atom stereocenters. The van der Waals surface area contributed by atoms with Gasteiger partial charge in [0.1, 0.15) is 5.82 Å². The Hall–Kier alpha value is -2.50. The first-order valence-corrected chi connectivity index (χ1v) is 8.08. The molecule has 0 aromatic carbocycles. The number of carboxylic acids is 1. The van der Waals surface area contributed by atoms with Gasteiger partial charge in [-0.1, -0.05) is 20.8 Å². The van der Waals surface area contributed by atoms with E-state index >= 15 is 0 Å². The molecule has 12 heteroatoms. The average Bonchev–Trinajstić information content (AvgIpc) is 3.15. The number of carbonyl (C=O) groups excluding carboxylic acids is 1. The van der Waals surface area contributed by atoms with Crippen LogP contribution in [0.3, 0.4) is 0 Å². The van der Waals surface area contributed by atoms with Crippen LogP contribution >= 0.6 is 11.5 Å². The molecule has 0 fully saturated rings. The van der Waals surface area contributed by atoms with Crippen molar-refractivity contribution in [2.24, 2.45) is 0 Å². The third kappa shape index (κ3) is 7.59. The summed E-state index contributed by atoms with van der Waals surface area (Å²) in [6.07, 6.45) is -0.729. The molecule has 2 aromatic rings. The molecule has 144 valence electrons. The van der Waals surface area contributed by atoms with E-state index in [0.717, 1.165) is 11.5 Å². The summed E-state index contributed by atoms with van der Waals surface area (Å²) in [5.74, 6) is -2.07. The van der Waals surface area contributed by atoms with Gasteiger partial charge in [-0.15, -0.1) is 0 Å². The maximum absolute atomic E-state index is 11.8. The van der Waals surface area contributed by atoms with E-state index in [9.17, 15) is 18.0 Å². The van der Waals surface area contributed by atoms with Gasteiger partial charge in [0.2, 0.25) is 11.0 Å². The van der Waals surface area contributed by atoms with E-state index in [1.807, 2.05) is 20.8 Å². The van der Waals surface area contributed by atoms with Crippen LogP contribution in [0.5, 0.6) is 0 Å². The number of carboxylic acid groups (broad SMARTS) is 1. The van der Waals surface area contributed by atoms with Crippen molar-refractivity contribution in [3.8, 4) is 0 Å². The fraction of sp³-hybridized carbons (Fsp3) is 0.500. The predicted molar refractivity (Wildman–Crippen MR) is 87.8 cm³/mol. The number of aromatic nitrogens is 4. The fourth-order valence-electron chi connectivity index (χ4n) is 1.43. The number of hydrogen-bond acceptors (Lipinski definition) is 6. The first-order valence-electron chi connectivity index (χ1n) is 7.31. The molecule has 0 radical (unpaired) electrons. The van der Waals surface area contributed by atoms with Gasteiger partial charge in [-0.3, -0.25) is 4.79 Å². The summed E-state index contributed by atoms with van der Waals surface area (Å²) >= 11 is 1.21. The molecule has 8 nitrogen and oxygen atoms in total. The monoisotopic (exact) mass is 393 g/mol. The van der Waals surface area contributed by atoms with Crippen LogP contribution in [0.1, 0.15) is 38.7 Å². The minimum atomic E-state index is -5.08. The largest absolute Gasteiger partial charge is 0.490 e. The summed E-state index contributed by atoms with van der Waals surface area (Å²) in [7, 11) is 0. The Balaban J connectivity index is 0.000000412. The molecule has 0 bridgehead atoms. The maximum Gasteiger partial charge on any atom is 0.490 e. The van der Waals surface area contributed by atoms with E-state index in [1.54, 1.807) is 12.5 Å². The van der Waals surface area contributed by atoms with Crippen molar-refractivity contribution in [1.82, 2.24) is 19.3 Å². The van der Waals surface area contributed by atoms with E-state index in [0.29, 0.717) is 18.0 Å². The van der Waals surface area contributed by atoms with E-state index in [-0.39, 0.29) is 11.3 Å². The van der Waals surface area contributed by atoms with Crippen LogP contribution in [0.25, 0.3) is 0 Å². The predicted octanol–water partition coefficient (Wildman–Crippen LogP) is 2.76. The molecule has 2 heterocycles. The Kier molecular flexibility index (Phi) is 7.24. The molecule has 1 amide bonds. The van der Waals surface area contributed by atoms with Crippen molar-refractivity contribution in [2.75, 3.05) is 5.32 Å². The summed E-state index contributed by atoms with van der Waals surface area (Å²) < 4.78 is 36.0. The molecule has 0 saturated heterocycles. The summed E-state index contributed by atoms with van der Waals surface area (Å²) in [6.45, 7) is 6.12. The van der Waals surface area contributed by atoms with E-state index < -0.39 is 12.1 Å². The third-order valence-electron chi connectivity index (χ3n) is 2.76. The number of nitrogens with one attached hydrogen (secondary N) is 2. The second-order valence-corrected chi connectivity index (χ2v) is 6.85. The van der Waals surface area contributed by atoms with Gasteiger partial charge in [-0.25, -0.2) is 14.8 Å². The lowest BCUT2D eigenvalue weighted by molar-refractivity contribution is -0.192. The lowest BCUT2D eigenvalue weighted by Gasteiger charge is -2.12. The van der Waals surface area contributed by atoms with Gasteiger partial charge < -0.3 is 15.4 Å². The van der Waals surface area contributed by atoms with Crippen molar-refractivity contribution in [2.45, 2.75) is 45.2 Å². The van der Waals surface area contributed by atoms with Gasteiger partial charge in [0.05, 0.1) is 6.33 Å². The molecule has 26 heavy (non-hydrogen) atoms. The number of aryl methyl sites for hydroxylation is 1. The zero-order valence-electron chi connectivity index (χ0n) is 14.2. The molecule has 2 rings (SSSR count). The minimum absolute atomic E-state index is 0.0637. The Morgan fingerprint density at radius 2 is 1.92 bits per heavy atom. The van der Waals surface area contributed by atoms with Gasteiger partial charge in [0, 0.05) is 35.3 Å². The SMILES string of the molecule is CC(C)(C)c1nsc(NC(=O)CCc2cnc[nH]2)n1.O=C(O)C(F)(F)F. The fourth-order valence-corrected chi connectivity index (χ4v) is 2.20. The third-order valence-corrected chi connectivity index (χ3v) is 3.39. The molecule has 0 atom stereocenters. The molecule has 0 saturated carbocycles. The van der Waals surface area contributed by atoms with Crippen LogP contribution in [0, 0.1) is 0 Å². The number of aromatic amines is 1. The summed E-state index contributed by atoms with van der Waals surface area (Å²) in [5, 5.41) is 10.4. The number of carbonyl (C=O) groups is 2. The van der Waals surface area contributed by atoms with Gasteiger partial charge >= 0.3 is 12.1 Å². The number of aliphatic carboxylic acids is 1. The highest BCUT2D eigenvalue weighted by atomic mass is 32.1. The van der Waals surface area contributed by atoms with Gasteiger partial charge in [0.25, 0.3) is 0 Å². The molecule has 3 N–H and O–H groups in total. The number of hydrogen-bond donors (Lipinski definition) is 3. The summed E-state index contributed by atoms with van der Waals surface area (Å²) in [6, 6.07) is 0. The van der Waals surface area contributed by atoms with Crippen LogP contribution in [-0.4, -0.2) is 42.5 Å². The van der Waals surface area contributed by atoms with Crippen LogP contribution < -0.4 is 5.32 Å². The van der Waals surface area contributed by atoms with Crippen molar-refractivity contribution >= 4 is 28.5 Å². The first kappa shape index (κ1) is 21.5. The van der Waals surface area contributed by atoms with Crippen LogP contribution in [0.2, 0.25) is 0 Å². The summed E-state index contributed by atoms with van der Waals surface area (Å²) in [5.41, 5.74) is 0.845. The maximum atomic E-state index is 11.8. The zero-order chi connectivity index (χ0) is 20.0. The Morgan fingerprint density at radius 1 is 1.31 bits per heavy atom. The van der Waals surface area contributed by atoms with Crippen LogP contribution in [-0.2, 0) is 21.4 Å². The summed E-state index contributed by atoms with van der Waals surface area (Å²) in [4.78, 5) is 31.8. The van der Waals surface area contributed by atoms with Crippen molar-refractivity contribution in [1.29, 1.82) is 0 Å². The highest BCUT2D eigenvalue weighted by molar-refractivity contribution is 7.09. The number of anilines is 1. The number of rotatable bonds is 4. The van der Waals surface area contributed by atoms with E-state index in [2.05, 4.69) is 24.6 Å². The minimum Gasteiger partial charge on any atom is -0.475 e. The zero-order valence-corrected chi connectivity index (χ0v) is 15.0. The highest BCUT2D eigenvalue weighted by Gasteiger charge is 2.38. The number of nitrogens with zero attached hydrogens (tertiary/aromatic N) is 3. The lowest BCUT2D eigenvalue weighted by atomic mass is 9.96. The van der Waals surface area contributed by atoms with Gasteiger partial charge in [-0.2, -0.15) is 17.5 Å². The molecule has 0 aliphatic heterocycles. The van der Waals surface area contributed by atoms with E-state index in [1.165, 1.54) is 11.5 Å². The van der Waals surface area contributed by atoms with Crippen molar-refractivity contribution in [3.63, 3.8) is 0 Å². The highest BCUT2D eigenvalue weighted by Crippen LogP contribution is 2.23. The molecule has 0 aliphatic carbocycles. The smallest absolute Gasteiger partial charge is 0.475 e. The van der Waals surface area contributed by atoms with E-state index in [4.69, 9.17) is 9.90 Å². The number of halogens is 3. The van der Waals surface area contributed by atoms with Gasteiger partial charge in [-0.05, 0) is 6.42 Å². The second kappa shape index (κ2) is 8.74. The number of alkyl halides is 3. The topological polar surface area (TPSA) is 121 Å². The Labute approximate surface area is 151 Å². The molecule has 0 spiro atoms. The standard InChI is InChI=1S/C12H17N5OS.C2HF3O2/c1-12(2,3)10-16-11(19-17-10)15-9(18)5-4-8-6-13-7-14-8;3-2(4,5)1(6)7/h6-7H,4-5H2,1-3H3,(H,13,14)(H,15,16,17,18);(H,6,7). The number of amides is 1. The normalized spacial score (nSPS) is 11.5. The Morgan fingerprint density at radius 3 is 2.35 bits per heavy atom.